The van der Waals surface area contributed by atoms with E-state index in [1.54, 1.807) is 12.1 Å². The van der Waals surface area contributed by atoms with Gasteiger partial charge in [0.05, 0.1) is 5.69 Å². The van der Waals surface area contributed by atoms with Gasteiger partial charge in [-0.15, -0.1) is 0 Å². The molecule has 1 N–H and O–H groups in total. The smallest absolute Gasteiger partial charge is 0.251 e. The van der Waals surface area contributed by atoms with Crippen LogP contribution in [0.1, 0.15) is 40.0 Å². The lowest BCUT2D eigenvalue weighted by molar-refractivity contribution is 0.0951. The summed E-state index contributed by atoms with van der Waals surface area (Å²) in [6, 6.07) is 21.6. The van der Waals surface area contributed by atoms with E-state index < -0.39 is 0 Å². The van der Waals surface area contributed by atoms with Crippen LogP contribution in [0.5, 0.6) is 5.75 Å². The van der Waals surface area contributed by atoms with Crippen LogP contribution in [0, 0.1) is 0 Å². The van der Waals surface area contributed by atoms with Crippen LogP contribution in [-0.4, -0.2) is 33.3 Å². The summed E-state index contributed by atoms with van der Waals surface area (Å²) in [5, 5.41) is 3.00. The topological polar surface area (TPSA) is 58.9 Å². The van der Waals surface area contributed by atoms with E-state index in [1.165, 1.54) is 31.5 Å². The van der Waals surface area contributed by atoms with Crippen LogP contribution in [-0.2, 0) is 19.7 Å². The average Bonchev–Trinajstić information content (AvgIpc) is 3.52. The van der Waals surface area contributed by atoms with Gasteiger partial charge >= 0.3 is 0 Å². The molecule has 2 aromatic heterocycles. The Bertz CT molecular complexity index is 1180. The molecule has 6 nitrogen and oxygen atoms in total. The second kappa shape index (κ2) is 9.88. The standard InChI is InChI=1S/C27H28N4O2/c32-27(28-17-21-6-8-22(9-7-21)18-30-14-3-4-15-30)23-10-12-25(13-11-23)33-20-24-19-31-16-2-1-5-26(31)29-24/h1-2,5-13,16,19H,3-4,14-15,17-18,20H2,(H,28,32). The number of hydrogen-bond donors (Lipinski definition) is 1. The van der Waals surface area contributed by atoms with Gasteiger partial charge in [-0.25, -0.2) is 4.98 Å². The molecule has 2 aromatic carbocycles. The first kappa shape index (κ1) is 21.2. The minimum absolute atomic E-state index is 0.0944. The third-order valence-electron chi connectivity index (χ3n) is 6.00. The van der Waals surface area contributed by atoms with Gasteiger partial charge in [0.15, 0.2) is 0 Å². The molecule has 0 radical (unpaired) electrons. The predicted molar refractivity (Wildman–Crippen MR) is 128 cm³/mol. The largest absolute Gasteiger partial charge is 0.487 e. The number of benzene rings is 2. The van der Waals surface area contributed by atoms with Crippen molar-refractivity contribution in [3.8, 4) is 5.75 Å². The molecular weight excluding hydrogens is 412 g/mol. The minimum atomic E-state index is -0.0944. The van der Waals surface area contributed by atoms with Gasteiger partial charge in [0, 0.05) is 31.0 Å². The molecule has 0 aliphatic carbocycles. The maximum atomic E-state index is 12.5. The highest BCUT2D eigenvalue weighted by atomic mass is 16.5. The number of carbonyl (C=O) groups excluding carboxylic acids is 1. The summed E-state index contributed by atoms with van der Waals surface area (Å²) in [5.74, 6) is 0.611. The highest BCUT2D eigenvalue weighted by Crippen LogP contribution is 2.16. The van der Waals surface area contributed by atoms with Crippen LogP contribution < -0.4 is 10.1 Å². The first-order valence-electron chi connectivity index (χ1n) is 11.5. The molecular formula is C27H28N4O2. The van der Waals surface area contributed by atoms with Crippen LogP contribution in [0.4, 0.5) is 0 Å². The fourth-order valence-corrected chi connectivity index (χ4v) is 4.16. The monoisotopic (exact) mass is 440 g/mol. The second-order valence-electron chi connectivity index (χ2n) is 8.49. The molecule has 3 heterocycles. The van der Waals surface area contributed by atoms with Crippen molar-refractivity contribution in [3.05, 3.63) is 102 Å². The zero-order valence-corrected chi connectivity index (χ0v) is 18.6. The normalized spacial score (nSPS) is 13.9. The Labute approximate surface area is 193 Å². The number of imidazole rings is 1. The molecule has 1 amide bonds. The van der Waals surface area contributed by atoms with Gasteiger partial charge in [-0.2, -0.15) is 0 Å². The van der Waals surface area contributed by atoms with Gasteiger partial charge in [0.1, 0.15) is 18.0 Å². The number of fused-ring (bicyclic) bond motifs is 1. The quantitative estimate of drug-likeness (QED) is 0.440. The van der Waals surface area contributed by atoms with Gasteiger partial charge in [-0.05, 0) is 73.5 Å². The highest BCUT2D eigenvalue weighted by molar-refractivity contribution is 5.94. The number of amides is 1. The molecule has 0 unspecified atom stereocenters. The van der Waals surface area contributed by atoms with Crippen molar-refractivity contribution in [2.24, 2.45) is 0 Å². The average molecular weight is 441 g/mol. The van der Waals surface area contributed by atoms with Crippen molar-refractivity contribution in [2.45, 2.75) is 32.5 Å². The molecule has 1 aliphatic rings. The predicted octanol–water partition coefficient (Wildman–Crippen LogP) is 4.44. The maximum Gasteiger partial charge on any atom is 0.251 e. The van der Waals surface area contributed by atoms with E-state index in [9.17, 15) is 4.79 Å². The van der Waals surface area contributed by atoms with Crippen LogP contribution in [0.3, 0.4) is 0 Å². The Kier molecular flexibility index (Phi) is 6.35. The molecule has 0 bridgehead atoms. The molecule has 0 saturated carbocycles. The second-order valence-corrected chi connectivity index (χ2v) is 8.49. The number of rotatable bonds is 8. The van der Waals surface area contributed by atoms with E-state index in [2.05, 4.69) is 39.5 Å². The number of aromatic nitrogens is 2. The third-order valence-corrected chi connectivity index (χ3v) is 6.00. The van der Waals surface area contributed by atoms with E-state index in [4.69, 9.17) is 4.74 Å². The Morgan fingerprint density at radius 3 is 2.45 bits per heavy atom. The molecule has 6 heteroatoms. The maximum absolute atomic E-state index is 12.5. The lowest BCUT2D eigenvalue weighted by Gasteiger charge is -2.14. The molecule has 4 aromatic rings. The number of pyridine rings is 1. The highest BCUT2D eigenvalue weighted by Gasteiger charge is 2.12. The number of ether oxygens (including phenoxy) is 1. The van der Waals surface area contributed by atoms with Gasteiger partial charge < -0.3 is 14.5 Å². The van der Waals surface area contributed by atoms with Crippen molar-refractivity contribution in [3.63, 3.8) is 0 Å². The Morgan fingerprint density at radius 1 is 0.939 bits per heavy atom. The van der Waals surface area contributed by atoms with E-state index in [0.29, 0.717) is 24.5 Å². The van der Waals surface area contributed by atoms with Crippen molar-refractivity contribution in [1.29, 1.82) is 0 Å². The van der Waals surface area contributed by atoms with Gasteiger partial charge in [-0.3, -0.25) is 9.69 Å². The summed E-state index contributed by atoms with van der Waals surface area (Å²) in [5.41, 5.74) is 4.78. The molecule has 5 rings (SSSR count). The molecule has 0 spiro atoms. The number of nitrogens with zero attached hydrogens (tertiary/aromatic N) is 3. The minimum Gasteiger partial charge on any atom is -0.487 e. The zero-order valence-electron chi connectivity index (χ0n) is 18.6. The summed E-state index contributed by atoms with van der Waals surface area (Å²) in [4.78, 5) is 19.6. The van der Waals surface area contributed by atoms with Gasteiger partial charge in [-0.1, -0.05) is 30.3 Å². The first-order valence-corrected chi connectivity index (χ1v) is 11.5. The molecule has 0 atom stereocenters. The van der Waals surface area contributed by atoms with Crippen LogP contribution >= 0.6 is 0 Å². The summed E-state index contributed by atoms with van der Waals surface area (Å²) < 4.78 is 7.80. The van der Waals surface area contributed by atoms with E-state index >= 15 is 0 Å². The summed E-state index contributed by atoms with van der Waals surface area (Å²) in [6.45, 7) is 4.29. The number of hydrogen-bond acceptors (Lipinski definition) is 4. The first-order chi connectivity index (χ1) is 16.2. The Hall–Kier alpha value is -3.64. The van der Waals surface area contributed by atoms with Crippen LogP contribution in [0.15, 0.2) is 79.1 Å². The molecule has 168 valence electrons. The lowest BCUT2D eigenvalue weighted by atomic mass is 10.1. The van der Waals surface area contributed by atoms with Gasteiger partial charge in [0.25, 0.3) is 5.91 Å². The van der Waals surface area contributed by atoms with Crippen LogP contribution in [0.2, 0.25) is 0 Å². The van der Waals surface area contributed by atoms with E-state index in [0.717, 1.165) is 23.4 Å². The molecule has 1 fully saturated rings. The van der Waals surface area contributed by atoms with E-state index in [-0.39, 0.29) is 5.91 Å². The summed E-state index contributed by atoms with van der Waals surface area (Å²) in [6.07, 6.45) is 6.52. The fraction of sp³-hybridized carbons (Fsp3) is 0.259. The Morgan fingerprint density at radius 2 is 1.70 bits per heavy atom. The molecule has 33 heavy (non-hydrogen) atoms. The SMILES string of the molecule is O=C(NCc1ccc(CN2CCCC2)cc1)c1ccc(OCc2cn3ccccc3n2)cc1. The zero-order chi connectivity index (χ0) is 22.5. The summed E-state index contributed by atoms with van der Waals surface area (Å²) in [7, 11) is 0. The number of carbonyl (C=O) groups is 1. The van der Waals surface area contributed by atoms with E-state index in [1.807, 2.05) is 47.1 Å². The number of nitrogens with one attached hydrogen (secondary N) is 1. The lowest BCUT2D eigenvalue weighted by Crippen LogP contribution is -2.22. The van der Waals surface area contributed by atoms with Crippen molar-refractivity contribution in [2.75, 3.05) is 13.1 Å². The fourth-order valence-electron chi connectivity index (χ4n) is 4.16. The van der Waals surface area contributed by atoms with Crippen molar-refractivity contribution in [1.82, 2.24) is 19.6 Å². The van der Waals surface area contributed by atoms with Crippen LogP contribution in [0.25, 0.3) is 5.65 Å². The Balaban J connectivity index is 1.10. The summed E-state index contributed by atoms with van der Waals surface area (Å²) >= 11 is 0. The third kappa shape index (κ3) is 5.41. The molecule has 1 aliphatic heterocycles. The van der Waals surface area contributed by atoms with Crippen molar-refractivity contribution < 1.29 is 9.53 Å². The number of likely N-dealkylation sites (tertiary alicyclic amines) is 1. The van der Waals surface area contributed by atoms with Crippen molar-refractivity contribution >= 4 is 11.6 Å². The molecule has 1 saturated heterocycles. The van der Waals surface area contributed by atoms with Gasteiger partial charge in [0.2, 0.25) is 0 Å².